The highest BCUT2D eigenvalue weighted by molar-refractivity contribution is 8.00. The fraction of sp³-hybridized carbons (Fsp3) is 0.625. The number of likely N-dealkylation sites (tertiary alicyclic amines) is 1. The second-order valence-electron chi connectivity index (χ2n) is 5.85. The molecule has 2 saturated heterocycles. The van der Waals surface area contributed by atoms with Crippen molar-refractivity contribution >= 4 is 17.7 Å². The maximum atomic E-state index is 12.2. The number of nitrogens with zero attached hydrogens (tertiary/aromatic N) is 2. The van der Waals surface area contributed by atoms with E-state index in [4.69, 9.17) is 4.74 Å². The Balaban J connectivity index is 1.47. The predicted octanol–water partition coefficient (Wildman–Crippen LogP) is 1.54. The Morgan fingerprint density at radius 2 is 2.05 bits per heavy atom. The summed E-state index contributed by atoms with van der Waals surface area (Å²) in [5, 5.41) is 3.15. The number of rotatable bonds is 5. The van der Waals surface area contributed by atoms with Gasteiger partial charge in [0.25, 0.3) is 0 Å². The van der Waals surface area contributed by atoms with Gasteiger partial charge in [0.2, 0.25) is 5.91 Å². The van der Waals surface area contributed by atoms with Crippen molar-refractivity contribution in [2.45, 2.75) is 36.2 Å². The van der Waals surface area contributed by atoms with Crippen LogP contribution >= 0.6 is 11.8 Å². The van der Waals surface area contributed by atoms with Gasteiger partial charge in [0.15, 0.2) is 0 Å². The van der Waals surface area contributed by atoms with Crippen molar-refractivity contribution in [2.24, 2.45) is 0 Å². The van der Waals surface area contributed by atoms with Gasteiger partial charge in [-0.3, -0.25) is 14.7 Å². The van der Waals surface area contributed by atoms with Gasteiger partial charge in [-0.1, -0.05) is 6.42 Å². The molecular weight excluding hydrogens is 298 g/mol. The quantitative estimate of drug-likeness (QED) is 0.834. The fourth-order valence-electron chi connectivity index (χ4n) is 3.12. The van der Waals surface area contributed by atoms with E-state index in [1.165, 1.54) is 19.3 Å². The Bertz CT molecular complexity index is 480. The average molecular weight is 321 g/mol. The van der Waals surface area contributed by atoms with Crippen molar-refractivity contribution < 1.29 is 9.53 Å². The SMILES string of the molecule is O=C(CSc1ccncc1)N[C@@H]1COC[C@H]1N1CCCCC1. The van der Waals surface area contributed by atoms with Gasteiger partial charge in [-0.15, -0.1) is 11.8 Å². The van der Waals surface area contributed by atoms with Crippen molar-refractivity contribution in [2.75, 3.05) is 32.1 Å². The second kappa shape index (κ2) is 7.94. The van der Waals surface area contributed by atoms with Gasteiger partial charge < -0.3 is 10.1 Å². The molecule has 0 spiro atoms. The molecule has 2 atom stereocenters. The Labute approximate surface area is 135 Å². The lowest BCUT2D eigenvalue weighted by molar-refractivity contribution is -0.119. The number of hydrogen-bond acceptors (Lipinski definition) is 5. The summed E-state index contributed by atoms with van der Waals surface area (Å²) < 4.78 is 5.62. The third-order valence-electron chi connectivity index (χ3n) is 4.28. The zero-order valence-electron chi connectivity index (χ0n) is 12.7. The first-order chi connectivity index (χ1) is 10.8. The first-order valence-corrected chi connectivity index (χ1v) is 8.95. The summed E-state index contributed by atoms with van der Waals surface area (Å²) in [6.45, 7) is 3.63. The molecule has 0 aliphatic carbocycles. The molecular formula is C16H23N3O2S. The monoisotopic (exact) mass is 321 g/mol. The minimum Gasteiger partial charge on any atom is -0.378 e. The molecule has 1 amide bonds. The van der Waals surface area contributed by atoms with Gasteiger partial charge in [0.1, 0.15) is 0 Å². The largest absolute Gasteiger partial charge is 0.378 e. The summed E-state index contributed by atoms with van der Waals surface area (Å²) >= 11 is 1.54. The molecule has 5 nitrogen and oxygen atoms in total. The molecule has 0 radical (unpaired) electrons. The summed E-state index contributed by atoms with van der Waals surface area (Å²) in [6.07, 6.45) is 7.34. The van der Waals surface area contributed by atoms with Gasteiger partial charge in [-0.05, 0) is 38.1 Å². The van der Waals surface area contributed by atoms with E-state index in [0.29, 0.717) is 18.4 Å². The van der Waals surface area contributed by atoms with Crippen LogP contribution in [0.4, 0.5) is 0 Å². The van der Waals surface area contributed by atoms with Crippen LogP contribution in [-0.4, -0.2) is 59.9 Å². The van der Waals surface area contributed by atoms with Gasteiger partial charge in [-0.25, -0.2) is 0 Å². The molecule has 22 heavy (non-hydrogen) atoms. The van der Waals surface area contributed by atoms with Crippen LogP contribution in [0.25, 0.3) is 0 Å². The molecule has 0 saturated carbocycles. The molecule has 120 valence electrons. The van der Waals surface area contributed by atoms with E-state index in [0.717, 1.165) is 24.6 Å². The third kappa shape index (κ3) is 4.21. The Hall–Kier alpha value is -1.11. The molecule has 1 N–H and O–H groups in total. The van der Waals surface area contributed by atoms with Crippen molar-refractivity contribution in [1.29, 1.82) is 0 Å². The fourth-order valence-corrected chi connectivity index (χ4v) is 3.82. The van der Waals surface area contributed by atoms with Crippen LogP contribution in [-0.2, 0) is 9.53 Å². The molecule has 2 fully saturated rings. The molecule has 3 rings (SSSR count). The highest BCUT2D eigenvalue weighted by Gasteiger charge is 2.34. The van der Waals surface area contributed by atoms with E-state index in [1.54, 1.807) is 24.2 Å². The summed E-state index contributed by atoms with van der Waals surface area (Å²) in [5.41, 5.74) is 0. The molecule has 0 unspecified atom stereocenters. The molecule has 1 aromatic heterocycles. The number of hydrogen-bond donors (Lipinski definition) is 1. The zero-order chi connectivity index (χ0) is 15.2. The first-order valence-electron chi connectivity index (χ1n) is 7.97. The molecule has 6 heteroatoms. The zero-order valence-corrected chi connectivity index (χ0v) is 13.6. The number of aromatic nitrogens is 1. The third-order valence-corrected chi connectivity index (χ3v) is 5.29. The lowest BCUT2D eigenvalue weighted by Crippen LogP contribution is -2.52. The molecule has 0 aromatic carbocycles. The number of thioether (sulfide) groups is 1. The standard InChI is InChI=1S/C16H23N3O2S/c20-16(12-22-13-4-6-17-7-5-13)18-14-10-21-11-15(14)19-8-2-1-3-9-19/h4-7,14-15H,1-3,8-12H2,(H,18,20)/t14-,15-/m1/s1. The van der Waals surface area contributed by atoms with E-state index < -0.39 is 0 Å². The van der Waals surface area contributed by atoms with Crippen LogP contribution in [0, 0.1) is 0 Å². The summed E-state index contributed by atoms with van der Waals surface area (Å²) in [4.78, 5) is 19.7. The minimum absolute atomic E-state index is 0.0827. The number of carbonyl (C=O) groups is 1. The lowest BCUT2D eigenvalue weighted by Gasteiger charge is -2.34. The molecule has 0 bridgehead atoms. The average Bonchev–Trinajstić information content (AvgIpc) is 3.03. The van der Waals surface area contributed by atoms with Crippen LogP contribution in [0.5, 0.6) is 0 Å². The topological polar surface area (TPSA) is 54.5 Å². The van der Waals surface area contributed by atoms with E-state index in [1.807, 2.05) is 12.1 Å². The van der Waals surface area contributed by atoms with Crippen molar-refractivity contribution in [3.8, 4) is 0 Å². The molecule has 1 aromatic rings. The molecule has 3 heterocycles. The number of nitrogens with one attached hydrogen (secondary N) is 1. The molecule has 2 aliphatic rings. The number of piperidine rings is 1. The summed E-state index contributed by atoms with van der Waals surface area (Å²) in [5.74, 6) is 0.520. The highest BCUT2D eigenvalue weighted by Crippen LogP contribution is 2.20. The smallest absolute Gasteiger partial charge is 0.230 e. The van der Waals surface area contributed by atoms with Crippen LogP contribution < -0.4 is 5.32 Å². The van der Waals surface area contributed by atoms with Gasteiger partial charge in [0.05, 0.1) is 31.1 Å². The van der Waals surface area contributed by atoms with Crippen LogP contribution in [0.3, 0.4) is 0 Å². The van der Waals surface area contributed by atoms with Gasteiger partial charge in [0, 0.05) is 17.3 Å². The number of carbonyl (C=O) groups excluding carboxylic acids is 1. The van der Waals surface area contributed by atoms with Crippen LogP contribution in [0.2, 0.25) is 0 Å². The Morgan fingerprint density at radius 3 is 2.82 bits per heavy atom. The normalized spacial score (nSPS) is 26.0. The van der Waals surface area contributed by atoms with E-state index in [9.17, 15) is 4.79 Å². The Kier molecular flexibility index (Phi) is 5.70. The summed E-state index contributed by atoms with van der Waals surface area (Å²) in [7, 11) is 0. The number of ether oxygens (including phenoxy) is 1. The van der Waals surface area contributed by atoms with Gasteiger partial charge >= 0.3 is 0 Å². The van der Waals surface area contributed by atoms with E-state index >= 15 is 0 Å². The predicted molar refractivity (Wildman–Crippen MR) is 86.9 cm³/mol. The summed E-state index contributed by atoms with van der Waals surface area (Å²) in [6, 6.07) is 4.32. The number of amides is 1. The van der Waals surface area contributed by atoms with E-state index in [2.05, 4.69) is 15.2 Å². The van der Waals surface area contributed by atoms with Crippen LogP contribution in [0.15, 0.2) is 29.4 Å². The second-order valence-corrected chi connectivity index (χ2v) is 6.90. The first kappa shape index (κ1) is 15.8. The van der Waals surface area contributed by atoms with Crippen molar-refractivity contribution in [1.82, 2.24) is 15.2 Å². The van der Waals surface area contributed by atoms with Crippen LogP contribution in [0.1, 0.15) is 19.3 Å². The van der Waals surface area contributed by atoms with E-state index in [-0.39, 0.29) is 11.9 Å². The maximum absolute atomic E-state index is 12.2. The minimum atomic E-state index is 0.0827. The lowest BCUT2D eigenvalue weighted by atomic mass is 10.1. The Morgan fingerprint density at radius 1 is 1.27 bits per heavy atom. The maximum Gasteiger partial charge on any atom is 0.230 e. The van der Waals surface area contributed by atoms with Crippen molar-refractivity contribution in [3.05, 3.63) is 24.5 Å². The number of pyridine rings is 1. The molecule has 2 aliphatic heterocycles. The van der Waals surface area contributed by atoms with Crippen molar-refractivity contribution in [3.63, 3.8) is 0 Å². The highest BCUT2D eigenvalue weighted by atomic mass is 32.2. The van der Waals surface area contributed by atoms with Gasteiger partial charge in [-0.2, -0.15) is 0 Å².